The summed E-state index contributed by atoms with van der Waals surface area (Å²) in [6, 6.07) is 25.2. The Labute approximate surface area is 236 Å². The predicted molar refractivity (Wildman–Crippen MR) is 146 cm³/mol. The number of rotatable bonds is 6. The zero-order chi connectivity index (χ0) is 23.8. The minimum atomic E-state index is -2.43. The monoisotopic (exact) mass is 588 g/mol. The molecule has 182 valence electrons. The molecule has 0 aromatic heterocycles. The van der Waals surface area contributed by atoms with Gasteiger partial charge in [-0.3, -0.25) is 0 Å². The van der Waals surface area contributed by atoms with E-state index in [4.69, 9.17) is 0 Å². The maximum absolute atomic E-state index is 4.04. The van der Waals surface area contributed by atoms with Crippen molar-refractivity contribution in [3.63, 3.8) is 0 Å². The molecule has 0 aliphatic heterocycles. The minimum Gasteiger partial charge on any atom is -1.00 e. The number of hydrogen-bond donors (Lipinski definition) is 0. The van der Waals surface area contributed by atoms with Gasteiger partial charge < -0.3 is 24.8 Å². The van der Waals surface area contributed by atoms with Gasteiger partial charge in [-0.2, -0.15) is 0 Å². The van der Waals surface area contributed by atoms with Crippen LogP contribution in [0.1, 0.15) is 58.6 Å². The molecule has 2 aliphatic carbocycles. The van der Waals surface area contributed by atoms with Crippen LogP contribution >= 0.6 is 0 Å². The molecule has 2 aliphatic rings. The SMILES string of the molecule is C=Cc1ccc2c(c1)-c1cc(C=C)ccc1[CH]2/[Zr+2]([C]1=CC(C)=CC1C)=[C](\CC)c1ccccc1.[Cl-].[Cl-]. The van der Waals surface area contributed by atoms with E-state index in [0.29, 0.717) is 9.54 Å². The van der Waals surface area contributed by atoms with Crippen LogP contribution in [0.25, 0.3) is 23.3 Å². The van der Waals surface area contributed by atoms with Crippen molar-refractivity contribution in [1.82, 2.24) is 0 Å². The normalized spacial score (nSPS) is 16.0. The van der Waals surface area contributed by atoms with Crippen LogP contribution in [0.5, 0.6) is 0 Å². The average molecular weight is 591 g/mol. The molecule has 0 heterocycles. The Balaban J connectivity index is 0.00000180. The standard InChI is InChI=1S/C17H13.C9H10.C7H9.2ClH.Zr/c1-3-12-5-7-14-11-15-8-6-13(4-2)10-17(15)16(14)9-12;1-2-6-9-7-4-3-5-8-9;1-6-3-4-7(2)5-6;;;/h3-11H,1-2H2;3-5,7-8H,2H2,1H3;3,5,7H,1-2H3;2*1H;/q;;;;;+2/p-2. The van der Waals surface area contributed by atoms with Crippen LogP contribution in [0.3, 0.4) is 0 Å². The van der Waals surface area contributed by atoms with Crippen molar-refractivity contribution < 1.29 is 46.1 Å². The molecular formula is C33H32Cl2Zr. The molecule has 1 atom stereocenters. The predicted octanol–water partition coefficient (Wildman–Crippen LogP) is 2.78. The van der Waals surface area contributed by atoms with Gasteiger partial charge in [-0.05, 0) is 0 Å². The smallest absolute Gasteiger partial charge is 1.00 e. The average Bonchev–Trinajstić information content (AvgIpc) is 3.37. The van der Waals surface area contributed by atoms with E-state index in [-0.39, 0.29) is 24.8 Å². The zero-order valence-corrected chi connectivity index (χ0v) is 25.2. The summed E-state index contributed by atoms with van der Waals surface area (Å²) in [5.74, 6) is 0.520. The Bertz CT molecular complexity index is 1330. The van der Waals surface area contributed by atoms with Gasteiger partial charge in [0.25, 0.3) is 0 Å². The molecule has 0 spiro atoms. The van der Waals surface area contributed by atoms with Crippen LogP contribution in [-0.2, 0) is 21.3 Å². The van der Waals surface area contributed by atoms with Gasteiger partial charge in [-0.15, -0.1) is 0 Å². The summed E-state index contributed by atoms with van der Waals surface area (Å²) in [6.07, 6.45) is 10.0. The van der Waals surface area contributed by atoms with E-state index >= 15 is 0 Å². The largest absolute Gasteiger partial charge is 1.00 e. The van der Waals surface area contributed by atoms with E-state index in [2.05, 4.69) is 113 Å². The molecule has 36 heavy (non-hydrogen) atoms. The van der Waals surface area contributed by atoms with E-state index in [9.17, 15) is 0 Å². The molecule has 0 amide bonds. The topological polar surface area (TPSA) is 0 Å². The van der Waals surface area contributed by atoms with Crippen LogP contribution in [0.2, 0.25) is 0 Å². The molecule has 3 aromatic carbocycles. The second-order valence-electron chi connectivity index (χ2n) is 9.45. The first-order valence-electron chi connectivity index (χ1n) is 12.3. The van der Waals surface area contributed by atoms with Crippen molar-refractivity contribution in [2.45, 2.75) is 30.8 Å². The van der Waals surface area contributed by atoms with Gasteiger partial charge in [0.15, 0.2) is 0 Å². The molecule has 0 fully saturated rings. The molecule has 5 rings (SSSR count). The van der Waals surface area contributed by atoms with Crippen LogP contribution < -0.4 is 24.8 Å². The van der Waals surface area contributed by atoms with Gasteiger partial charge in [0, 0.05) is 0 Å². The van der Waals surface area contributed by atoms with Gasteiger partial charge in [-0.1, -0.05) is 0 Å². The first kappa shape index (κ1) is 28.5. The first-order valence-corrected chi connectivity index (χ1v) is 16.1. The second-order valence-corrected chi connectivity index (χ2v) is 15.8. The molecule has 3 heteroatoms. The Morgan fingerprint density at radius 1 is 0.861 bits per heavy atom. The Hall–Kier alpha value is -2.05. The third kappa shape index (κ3) is 5.04. The summed E-state index contributed by atoms with van der Waals surface area (Å²) in [5.41, 5.74) is 11.0. The maximum atomic E-state index is 4.04. The van der Waals surface area contributed by atoms with E-state index in [1.165, 1.54) is 44.5 Å². The fourth-order valence-electron chi connectivity index (χ4n) is 5.79. The molecule has 0 nitrogen and oxygen atoms in total. The quantitative estimate of drug-likeness (QED) is 0.415. The number of fused-ring (bicyclic) bond motifs is 3. The van der Waals surface area contributed by atoms with E-state index < -0.39 is 21.3 Å². The molecule has 0 N–H and O–H groups in total. The maximum Gasteiger partial charge on any atom is -1.00 e. The van der Waals surface area contributed by atoms with Gasteiger partial charge in [0.05, 0.1) is 0 Å². The van der Waals surface area contributed by atoms with E-state index in [0.717, 1.165) is 6.42 Å². The molecule has 1 unspecified atom stereocenters. The molecule has 3 aromatic rings. The van der Waals surface area contributed by atoms with Crippen LogP contribution in [0.15, 0.2) is 101 Å². The summed E-state index contributed by atoms with van der Waals surface area (Å²) < 4.78 is 3.92. The molecule has 0 radical (unpaired) electrons. The molecule has 0 bridgehead atoms. The summed E-state index contributed by atoms with van der Waals surface area (Å²) in [5, 5.41) is 0. The number of allylic oxidation sites excluding steroid dienone is 4. The van der Waals surface area contributed by atoms with Gasteiger partial charge in [0.1, 0.15) is 0 Å². The third-order valence-electron chi connectivity index (χ3n) is 7.33. The van der Waals surface area contributed by atoms with Crippen molar-refractivity contribution in [2.24, 2.45) is 5.92 Å². The minimum absolute atomic E-state index is 0. The van der Waals surface area contributed by atoms with Crippen molar-refractivity contribution in [3.8, 4) is 11.1 Å². The van der Waals surface area contributed by atoms with Crippen molar-refractivity contribution in [1.29, 1.82) is 0 Å². The Morgan fingerprint density at radius 3 is 1.86 bits per heavy atom. The van der Waals surface area contributed by atoms with Crippen molar-refractivity contribution in [3.05, 3.63) is 129 Å². The fraction of sp³-hybridized carbons (Fsp3) is 0.182. The molecular weight excluding hydrogens is 558 g/mol. The summed E-state index contributed by atoms with van der Waals surface area (Å²) in [6.45, 7) is 15.1. The molecule has 0 saturated heterocycles. The van der Waals surface area contributed by atoms with E-state index in [1.54, 1.807) is 6.49 Å². The Kier molecular flexibility index (Phi) is 9.51. The molecule has 0 saturated carbocycles. The van der Waals surface area contributed by atoms with Crippen LogP contribution in [-0.4, -0.2) is 3.21 Å². The van der Waals surface area contributed by atoms with E-state index in [1.807, 2.05) is 12.2 Å². The number of benzene rings is 3. The van der Waals surface area contributed by atoms with Crippen LogP contribution in [0, 0.1) is 5.92 Å². The van der Waals surface area contributed by atoms with Crippen molar-refractivity contribution in [2.75, 3.05) is 0 Å². The van der Waals surface area contributed by atoms with Gasteiger partial charge in [-0.25, -0.2) is 0 Å². The Morgan fingerprint density at radius 2 is 1.42 bits per heavy atom. The first-order chi connectivity index (χ1) is 16.5. The van der Waals surface area contributed by atoms with Gasteiger partial charge in [0.2, 0.25) is 0 Å². The van der Waals surface area contributed by atoms with Crippen LogP contribution in [0.4, 0.5) is 0 Å². The second kappa shape index (κ2) is 12.0. The zero-order valence-electron chi connectivity index (χ0n) is 21.2. The summed E-state index contributed by atoms with van der Waals surface area (Å²) in [4.78, 5) is 0. The van der Waals surface area contributed by atoms with Gasteiger partial charge >= 0.3 is 213 Å². The van der Waals surface area contributed by atoms with Crippen molar-refractivity contribution >= 4 is 15.4 Å². The number of halogens is 2. The third-order valence-corrected chi connectivity index (χ3v) is 16.5. The number of hydrogen-bond acceptors (Lipinski definition) is 0. The summed E-state index contributed by atoms with van der Waals surface area (Å²) >= 11 is -2.43. The fourth-order valence-corrected chi connectivity index (χ4v) is 15.5. The summed E-state index contributed by atoms with van der Waals surface area (Å²) in [7, 11) is 0.